The summed E-state index contributed by atoms with van der Waals surface area (Å²) in [5.41, 5.74) is 4.88. The van der Waals surface area contributed by atoms with Crippen LogP contribution in [0.15, 0.2) is 81.7 Å². The molecule has 0 saturated heterocycles. The van der Waals surface area contributed by atoms with E-state index in [9.17, 15) is 0 Å². The van der Waals surface area contributed by atoms with E-state index in [4.69, 9.17) is 0 Å². The quantitative estimate of drug-likeness (QED) is 0.467. The molecule has 0 heterocycles. The number of hydrogen-bond acceptors (Lipinski definition) is 0. The van der Waals surface area contributed by atoms with Crippen molar-refractivity contribution in [1.82, 2.24) is 0 Å². The van der Waals surface area contributed by atoms with Crippen molar-refractivity contribution in [3.8, 4) is 22.3 Å². The van der Waals surface area contributed by atoms with Crippen LogP contribution >= 0.6 is 31.9 Å². The molecule has 0 aliphatic rings. The van der Waals surface area contributed by atoms with Crippen molar-refractivity contribution in [2.75, 3.05) is 0 Å². The molecule has 3 aromatic carbocycles. The minimum absolute atomic E-state index is 1.10. The Bertz CT molecular complexity index is 716. The van der Waals surface area contributed by atoms with Crippen LogP contribution in [0.3, 0.4) is 0 Å². The Hall–Kier alpha value is -1.38. The second-order valence-electron chi connectivity index (χ2n) is 4.57. The van der Waals surface area contributed by atoms with Crippen LogP contribution in [0.25, 0.3) is 22.3 Å². The highest BCUT2D eigenvalue weighted by Gasteiger charge is 2.05. The Morgan fingerprint density at radius 1 is 0.550 bits per heavy atom. The SMILES string of the molecule is Brc1ccc(-c2ccc(Br)c(-c3ccccc3)c2)cc1. The highest BCUT2D eigenvalue weighted by molar-refractivity contribution is 9.10. The van der Waals surface area contributed by atoms with E-state index in [-0.39, 0.29) is 0 Å². The van der Waals surface area contributed by atoms with Gasteiger partial charge in [-0.15, -0.1) is 0 Å². The molecule has 0 spiro atoms. The molecule has 0 aromatic heterocycles. The summed E-state index contributed by atoms with van der Waals surface area (Å²) in [5.74, 6) is 0. The van der Waals surface area contributed by atoms with Crippen molar-refractivity contribution in [3.05, 3.63) is 81.7 Å². The largest absolute Gasteiger partial charge is 0.0622 e. The highest BCUT2D eigenvalue weighted by Crippen LogP contribution is 2.33. The molecule has 0 aliphatic carbocycles. The van der Waals surface area contributed by atoms with E-state index >= 15 is 0 Å². The second kappa shape index (κ2) is 5.94. The minimum atomic E-state index is 1.10. The summed E-state index contributed by atoms with van der Waals surface area (Å²) in [7, 11) is 0. The molecule has 3 aromatic rings. The summed E-state index contributed by atoms with van der Waals surface area (Å²) in [6.07, 6.45) is 0. The van der Waals surface area contributed by atoms with Crippen molar-refractivity contribution < 1.29 is 0 Å². The maximum atomic E-state index is 3.64. The predicted molar refractivity (Wildman–Crippen MR) is 92.7 cm³/mol. The first-order valence-electron chi connectivity index (χ1n) is 6.35. The zero-order valence-electron chi connectivity index (χ0n) is 10.7. The van der Waals surface area contributed by atoms with E-state index in [2.05, 4.69) is 98.6 Å². The number of benzene rings is 3. The molecule has 0 fully saturated rings. The van der Waals surface area contributed by atoms with Crippen molar-refractivity contribution in [1.29, 1.82) is 0 Å². The molecule has 0 unspecified atom stereocenters. The lowest BCUT2D eigenvalue weighted by Crippen LogP contribution is -1.83. The fourth-order valence-corrected chi connectivity index (χ4v) is 2.93. The molecule has 2 heteroatoms. The summed E-state index contributed by atoms with van der Waals surface area (Å²) in [6, 6.07) is 25.3. The third kappa shape index (κ3) is 2.87. The van der Waals surface area contributed by atoms with Crippen LogP contribution in [0.5, 0.6) is 0 Å². The summed E-state index contributed by atoms with van der Waals surface area (Å²) in [4.78, 5) is 0. The maximum absolute atomic E-state index is 3.64. The average molecular weight is 388 g/mol. The predicted octanol–water partition coefficient (Wildman–Crippen LogP) is 6.55. The molecular weight excluding hydrogens is 376 g/mol. The first-order chi connectivity index (χ1) is 9.74. The normalized spacial score (nSPS) is 10.5. The van der Waals surface area contributed by atoms with Gasteiger partial charge in [-0.1, -0.05) is 80.4 Å². The van der Waals surface area contributed by atoms with Crippen LogP contribution in [-0.4, -0.2) is 0 Å². The van der Waals surface area contributed by atoms with E-state index in [1.165, 1.54) is 22.3 Å². The summed E-state index contributed by atoms with van der Waals surface area (Å²) in [6.45, 7) is 0. The topological polar surface area (TPSA) is 0 Å². The molecule has 98 valence electrons. The fraction of sp³-hybridized carbons (Fsp3) is 0. The second-order valence-corrected chi connectivity index (χ2v) is 6.34. The Labute approximate surface area is 135 Å². The van der Waals surface area contributed by atoms with Crippen LogP contribution in [0.4, 0.5) is 0 Å². The lowest BCUT2D eigenvalue weighted by molar-refractivity contribution is 1.55. The van der Waals surface area contributed by atoms with E-state index < -0.39 is 0 Å². The first kappa shape index (κ1) is 13.6. The Morgan fingerprint density at radius 3 is 1.90 bits per heavy atom. The smallest absolute Gasteiger partial charge is 0.0254 e. The van der Waals surface area contributed by atoms with E-state index in [0.717, 1.165) is 8.95 Å². The molecule has 0 N–H and O–H groups in total. The van der Waals surface area contributed by atoms with Gasteiger partial charge < -0.3 is 0 Å². The summed E-state index contributed by atoms with van der Waals surface area (Å²) in [5, 5.41) is 0. The molecule has 20 heavy (non-hydrogen) atoms. The van der Waals surface area contributed by atoms with Crippen molar-refractivity contribution in [2.24, 2.45) is 0 Å². The van der Waals surface area contributed by atoms with Crippen molar-refractivity contribution in [3.63, 3.8) is 0 Å². The standard InChI is InChI=1S/C18H12Br2/c19-16-9-6-13(7-10-16)15-8-11-18(20)17(12-15)14-4-2-1-3-5-14/h1-12H. The van der Waals surface area contributed by atoms with Crippen LogP contribution in [0.2, 0.25) is 0 Å². The van der Waals surface area contributed by atoms with Gasteiger partial charge in [-0.2, -0.15) is 0 Å². The Morgan fingerprint density at radius 2 is 1.20 bits per heavy atom. The molecule has 0 radical (unpaired) electrons. The van der Waals surface area contributed by atoms with Gasteiger partial charge in [0, 0.05) is 8.95 Å². The van der Waals surface area contributed by atoms with Crippen LogP contribution in [0.1, 0.15) is 0 Å². The van der Waals surface area contributed by atoms with E-state index in [1.54, 1.807) is 0 Å². The van der Waals surface area contributed by atoms with Gasteiger partial charge in [-0.05, 0) is 46.5 Å². The first-order valence-corrected chi connectivity index (χ1v) is 7.93. The number of halogens is 2. The van der Waals surface area contributed by atoms with Gasteiger partial charge in [-0.25, -0.2) is 0 Å². The van der Waals surface area contributed by atoms with Gasteiger partial charge in [0.2, 0.25) is 0 Å². The van der Waals surface area contributed by atoms with Crippen molar-refractivity contribution in [2.45, 2.75) is 0 Å². The van der Waals surface area contributed by atoms with Gasteiger partial charge in [0.05, 0.1) is 0 Å². The third-order valence-corrected chi connectivity index (χ3v) is 4.45. The molecule has 0 aliphatic heterocycles. The molecule has 3 rings (SSSR count). The van der Waals surface area contributed by atoms with Crippen LogP contribution in [-0.2, 0) is 0 Å². The lowest BCUT2D eigenvalue weighted by Gasteiger charge is -2.09. The lowest BCUT2D eigenvalue weighted by atomic mass is 9.99. The third-order valence-electron chi connectivity index (χ3n) is 3.23. The van der Waals surface area contributed by atoms with Gasteiger partial charge >= 0.3 is 0 Å². The molecule has 0 nitrogen and oxygen atoms in total. The maximum Gasteiger partial charge on any atom is 0.0254 e. The zero-order valence-corrected chi connectivity index (χ0v) is 13.9. The average Bonchev–Trinajstić information content (AvgIpc) is 2.50. The summed E-state index contributed by atoms with van der Waals surface area (Å²) >= 11 is 7.12. The molecular formula is C18H12Br2. The molecule has 0 atom stereocenters. The zero-order chi connectivity index (χ0) is 13.9. The number of rotatable bonds is 2. The Balaban J connectivity index is 2.09. The monoisotopic (exact) mass is 386 g/mol. The molecule has 0 saturated carbocycles. The van der Waals surface area contributed by atoms with Gasteiger partial charge in [-0.3, -0.25) is 0 Å². The van der Waals surface area contributed by atoms with Gasteiger partial charge in [0.1, 0.15) is 0 Å². The van der Waals surface area contributed by atoms with E-state index in [0.29, 0.717) is 0 Å². The Kier molecular flexibility index (Phi) is 4.04. The van der Waals surface area contributed by atoms with Gasteiger partial charge in [0.15, 0.2) is 0 Å². The molecule has 0 amide bonds. The van der Waals surface area contributed by atoms with E-state index in [1.807, 2.05) is 6.07 Å². The van der Waals surface area contributed by atoms with Gasteiger partial charge in [0.25, 0.3) is 0 Å². The summed E-state index contributed by atoms with van der Waals surface area (Å²) < 4.78 is 2.21. The molecule has 0 bridgehead atoms. The number of hydrogen-bond donors (Lipinski definition) is 0. The van der Waals surface area contributed by atoms with Crippen molar-refractivity contribution >= 4 is 31.9 Å². The highest BCUT2D eigenvalue weighted by atomic mass is 79.9. The minimum Gasteiger partial charge on any atom is -0.0622 e. The van der Waals surface area contributed by atoms with Crippen LogP contribution in [0, 0.1) is 0 Å². The van der Waals surface area contributed by atoms with Crippen LogP contribution < -0.4 is 0 Å². The fourth-order valence-electron chi connectivity index (χ4n) is 2.19.